The molecular weight excluding hydrogens is 370 g/mol. The summed E-state index contributed by atoms with van der Waals surface area (Å²) in [6.07, 6.45) is 0. The second-order valence-corrected chi connectivity index (χ2v) is 6.16. The van der Waals surface area contributed by atoms with Crippen molar-refractivity contribution in [2.45, 2.75) is 6.54 Å². The van der Waals surface area contributed by atoms with Crippen LogP contribution in [0.2, 0.25) is 0 Å². The molecule has 144 valence electrons. The Labute approximate surface area is 167 Å². The van der Waals surface area contributed by atoms with Crippen molar-refractivity contribution in [1.29, 1.82) is 5.26 Å². The Morgan fingerprint density at radius 1 is 1.10 bits per heavy atom. The molecule has 0 heterocycles. The minimum Gasteiger partial charge on any atom is -0.465 e. The Kier molecular flexibility index (Phi) is 5.85. The summed E-state index contributed by atoms with van der Waals surface area (Å²) < 4.78 is 4.72. The van der Waals surface area contributed by atoms with Crippen LogP contribution in [0.5, 0.6) is 0 Å². The number of nitro benzene ring substituents is 1. The molecule has 0 aliphatic carbocycles. The lowest BCUT2D eigenvalue weighted by atomic mass is 9.99. The van der Waals surface area contributed by atoms with Gasteiger partial charge in [0.25, 0.3) is 5.69 Å². The van der Waals surface area contributed by atoms with E-state index in [1.807, 2.05) is 42.5 Å². The van der Waals surface area contributed by atoms with Crippen molar-refractivity contribution < 1.29 is 14.5 Å². The van der Waals surface area contributed by atoms with Crippen molar-refractivity contribution in [1.82, 2.24) is 0 Å². The van der Waals surface area contributed by atoms with E-state index in [2.05, 4.69) is 11.4 Å². The highest BCUT2D eigenvalue weighted by molar-refractivity contribution is 5.98. The number of rotatable bonds is 6. The maximum absolute atomic E-state index is 12.0. The van der Waals surface area contributed by atoms with Gasteiger partial charge in [-0.15, -0.1) is 0 Å². The number of hydrogen-bond acceptors (Lipinski definition) is 6. The van der Waals surface area contributed by atoms with E-state index in [0.29, 0.717) is 5.56 Å². The molecule has 0 radical (unpaired) electrons. The molecule has 0 aliphatic rings. The molecular formula is C22H17N3O4. The molecule has 7 nitrogen and oxygen atoms in total. The van der Waals surface area contributed by atoms with Crippen LogP contribution in [0.25, 0.3) is 11.1 Å². The fourth-order valence-electron chi connectivity index (χ4n) is 2.98. The third-order valence-corrected chi connectivity index (χ3v) is 4.43. The van der Waals surface area contributed by atoms with Crippen LogP contribution in [-0.4, -0.2) is 18.0 Å². The Morgan fingerprint density at radius 2 is 1.83 bits per heavy atom. The summed E-state index contributed by atoms with van der Waals surface area (Å²) in [5.41, 5.74) is 3.18. The van der Waals surface area contributed by atoms with Crippen molar-refractivity contribution in [3.05, 3.63) is 93.5 Å². The average molecular weight is 387 g/mol. The van der Waals surface area contributed by atoms with Gasteiger partial charge >= 0.3 is 5.97 Å². The summed E-state index contributed by atoms with van der Waals surface area (Å²) in [5.74, 6) is -0.653. The molecule has 1 N–H and O–H groups in total. The molecule has 3 rings (SSSR count). The van der Waals surface area contributed by atoms with E-state index in [-0.39, 0.29) is 23.5 Å². The highest BCUT2D eigenvalue weighted by Crippen LogP contribution is 2.30. The van der Waals surface area contributed by atoms with Crippen LogP contribution in [0, 0.1) is 21.4 Å². The van der Waals surface area contributed by atoms with Crippen LogP contribution in [0.3, 0.4) is 0 Å². The molecule has 0 spiro atoms. The van der Waals surface area contributed by atoms with Gasteiger partial charge in [0.05, 0.1) is 29.2 Å². The van der Waals surface area contributed by atoms with Crippen molar-refractivity contribution >= 4 is 17.3 Å². The number of para-hydroxylation sites is 1. The number of methoxy groups -OCH3 is 1. The van der Waals surface area contributed by atoms with Crippen LogP contribution >= 0.6 is 0 Å². The second kappa shape index (κ2) is 8.67. The molecule has 0 amide bonds. The Hall–Kier alpha value is -4.18. The highest BCUT2D eigenvalue weighted by Gasteiger charge is 2.21. The number of hydrogen-bond donors (Lipinski definition) is 1. The Bertz CT molecular complexity index is 1100. The first kappa shape index (κ1) is 19.6. The van der Waals surface area contributed by atoms with Gasteiger partial charge in [0.15, 0.2) is 0 Å². The van der Waals surface area contributed by atoms with Crippen molar-refractivity contribution in [2.24, 2.45) is 0 Å². The third-order valence-electron chi connectivity index (χ3n) is 4.43. The predicted octanol–water partition coefficient (Wildman–Crippen LogP) is 4.53. The molecule has 0 bridgehead atoms. The summed E-state index contributed by atoms with van der Waals surface area (Å²) in [4.78, 5) is 22.8. The Morgan fingerprint density at radius 3 is 2.48 bits per heavy atom. The smallest absolute Gasteiger partial charge is 0.340 e. The fourth-order valence-corrected chi connectivity index (χ4v) is 2.98. The first-order valence-electron chi connectivity index (χ1n) is 8.73. The van der Waals surface area contributed by atoms with Crippen LogP contribution < -0.4 is 5.32 Å². The maximum atomic E-state index is 12.0. The van der Waals surface area contributed by atoms with Gasteiger partial charge in [-0.2, -0.15) is 5.26 Å². The van der Waals surface area contributed by atoms with Gasteiger partial charge in [-0.3, -0.25) is 10.1 Å². The minimum atomic E-state index is -0.653. The molecule has 0 aromatic heterocycles. The van der Waals surface area contributed by atoms with E-state index in [9.17, 15) is 20.2 Å². The van der Waals surface area contributed by atoms with Crippen molar-refractivity contribution in [3.63, 3.8) is 0 Å². The zero-order valence-electron chi connectivity index (χ0n) is 15.6. The number of anilines is 1. The monoisotopic (exact) mass is 387 g/mol. The Balaban J connectivity index is 1.85. The number of nitrogens with one attached hydrogen (secondary N) is 1. The lowest BCUT2D eigenvalue weighted by molar-refractivity contribution is -0.384. The van der Waals surface area contributed by atoms with E-state index in [1.54, 1.807) is 6.07 Å². The van der Waals surface area contributed by atoms with E-state index < -0.39 is 10.9 Å². The molecule has 29 heavy (non-hydrogen) atoms. The van der Waals surface area contributed by atoms with Crippen LogP contribution in [-0.2, 0) is 11.3 Å². The van der Waals surface area contributed by atoms with E-state index >= 15 is 0 Å². The predicted molar refractivity (Wildman–Crippen MR) is 108 cm³/mol. The summed E-state index contributed by atoms with van der Waals surface area (Å²) in [6.45, 7) is 0.273. The summed E-state index contributed by atoms with van der Waals surface area (Å²) in [5, 5.41) is 23.6. The van der Waals surface area contributed by atoms with Crippen molar-refractivity contribution in [3.8, 4) is 17.2 Å². The first-order chi connectivity index (χ1) is 14.0. The molecule has 0 fully saturated rings. The van der Waals surface area contributed by atoms with Gasteiger partial charge in [-0.1, -0.05) is 48.5 Å². The zero-order chi connectivity index (χ0) is 20.8. The largest absolute Gasteiger partial charge is 0.465 e. The number of ether oxygens (including phenoxy) is 1. The number of nitrogens with zero attached hydrogens (tertiary/aromatic N) is 2. The lowest BCUT2D eigenvalue weighted by Crippen LogP contribution is -2.10. The van der Waals surface area contributed by atoms with Gasteiger partial charge in [0.2, 0.25) is 0 Å². The van der Waals surface area contributed by atoms with Gasteiger partial charge in [0.1, 0.15) is 5.69 Å². The average Bonchev–Trinajstić information content (AvgIpc) is 2.77. The molecule has 0 aliphatic heterocycles. The number of nitro groups is 1. The summed E-state index contributed by atoms with van der Waals surface area (Å²) in [7, 11) is 1.22. The normalized spacial score (nSPS) is 10.1. The number of carbonyl (C=O) groups excluding carboxylic acids is 1. The van der Waals surface area contributed by atoms with E-state index in [1.165, 1.54) is 25.3 Å². The van der Waals surface area contributed by atoms with Crippen LogP contribution in [0.4, 0.5) is 11.4 Å². The molecule has 0 unspecified atom stereocenters. The standard InChI is InChI=1S/C22H17N3O4/c1-29-22(26)19-7-4-8-20(25(27)28)21(19)24-14-15-9-11-16(12-10-15)18-6-3-2-5-17(18)13-23/h2-12,24H,14H2,1H3. The highest BCUT2D eigenvalue weighted by atomic mass is 16.6. The number of benzene rings is 3. The molecule has 7 heteroatoms. The molecule has 0 atom stereocenters. The van der Waals surface area contributed by atoms with Crippen LogP contribution in [0.15, 0.2) is 66.7 Å². The molecule has 0 saturated heterocycles. The quantitative estimate of drug-likeness (QED) is 0.378. The number of esters is 1. The lowest BCUT2D eigenvalue weighted by Gasteiger charge is -2.12. The SMILES string of the molecule is COC(=O)c1cccc([N+](=O)[O-])c1NCc1ccc(-c2ccccc2C#N)cc1. The molecule has 3 aromatic rings. The van der Waals surface area contributed by atoms with Gasteiger partial charge < -0.3 is 10.1 Å². The maximum Gasteiger partial charge on any atom is 0.340 e. The summed E-state index contributed by atoms with van der Waals surface area (Å²) >= 11 is 0. The number of nitriles is 1. The minimum absolute atomic E-state index is 0.0984. The fraction of sp³-hybridized carbons (Fsp3) is 0.0909. The topological polar surface area (TPSA) is 105 Å². The van der Waals surface area contributed by atoms with Gasteiger partial charge in [0, 0.05) is 12.6 Å². The number of carbonyl (C=O) groups is 1. The first-order valence-corrected chi connectivity index (χ1v) is 8.73. The van der Waals surface area contributed by atoms with E-state index in [0.717, 1.165) is 16.7 Å². The van der Waals surface area contributed by atoms with E-state index in [4.69, 9.17) is 4.74 Å². The zero-order valence-corrected chi connectivity index (χ0v) is 15.6. The second-order valence-electron chi connectivity index (χ2n) is 6.16. The van der Waals surface area contributed by atoms with Gasteiger partial charge in [-0.25, -0.2) is 4.79 Å². The van der Waals surface area contributed by atoms with Crippen molar-refractivity contribution in [2.75, 3.05) is 12.4 Å². The third kappa shape index (κ3) is 4.22. The summed E-state index contributed by atoms with van der Waals surface area (Å²) in [6, 6.07) is 21.2. The van der Waals surface area contributed by atoms with Crippen LogP contribution in [0.1, 0.15) is 21.5 Å². The molecule has 3 aromatic carbocycles. The molecule has 0 saturated carbocycles. The van der Waals surface area contributed by atoms with Gasteiger partial charge in [-0.05, 0) is 28.8 Å².